The molecule has 1 aromatic heterocycles. The lowest BCUT2D eigenvalue weighted by Crippen LogP contribution is -2.46. The summed E-state index contributed by atoms with van der Waals surface area (Å²) in [5.74, 6) is 0.574. The predicted molar refractivity (Wildman–Crippen MR) is 105 cm³/mol. The van der Waals surface area contributed by atoms with Crippen LogP contribution in [0.15, 0.2) is 36.4 Å². The number of anilines is 3. The Balaban J connectivity index is 1.60. The first-order chi connectivity index (χ1) is 12.6. The van der Waals surface area contributed by atoms with Crippen LogP contribution in [0, 0.1) is 0 Å². The van der Waals surface area contributed by atoms with E-state index in [9.17, 15) is 4.79 Å². The molecule has 0 bridgehead atoms. The summed E-state index contributed by atoms with van der Waals surface area (Å²) in [5.41, 5.74) is 2.13. The van der Waals surface area contributed by atoms with Gasteiger partial charge in [0.2, 0.25) is 0 Å². The summed E-state index contributed by atoms with van der Waals surface area (Å²) in [4.78, 5) is 19.0. The molecule has 1 saturated heterocycles. The van der Waals surface area contributed by atoms with Crippen molar-refractivity contribution >= 4 is 23.1 Å². The molecule has 2 aromatic rings. The Morgan fingerprint density at radius 1 is 1.04 bits per heavy atom. The van der Waals surface area contributed by atoms with Crippen molar-refractivity contribution in [3.05, 3.63) is 42.1 Å². The van der Waals surface area contributed by atoms with E-state index in [-0.39, 0.29) is 5.91 Å². The van der Waals surface area contributed by atoms with E-state index >= 15 is 0 Å². The van der Waals surface area contributed by atoms with Crippen molar-refractivity contribution in [3.8, 4) is 0 Å². The Kier molecular flexibility index (Phi) is 5.68. The van der Waals surface area contributed by atoms with Gasteiger partial charge in [-0.1, -0.05) is 6.92 Å². The molecule has 1 N–H and O–H groups in total. The van der Waals surface area contributed by atoms with Crippen LogP contribution in [0.4, 0.5) is 17.2 Å². The maximum Gasteiger partial charge on any atom is 0.276 e. The number of benzene rings is 1. The molecule has 26 heavy (non-hydrogen) atoms. The number of nitrogens with zero attached hydrogens (tertiary/aromatic N) is 5. The normalized spacial score (nSPS) is 15.0. The van der Waals surface area contributed by atoms with Crippen molar-refractivity contribution in [2.75, 3.05) is 61.9 Å². The second-order valence-corrected chi connectivity index (χ2v) is 6.59. The Morgan fingerprint density at radius 2 is 1.73 bits per heavy atom. The fourth-order valence-corrected chi connectivity index (χ4v) is 2.95. The lowest BCUT2D eigenvalue weighted by Gasteiger charge is -2.34. The number of piperazine rings is 1. The number of likely N-dealkylation sites (N-methyl/N-ethyl adjacent to an activating group) is 1. The van der Waals surface area contributed by atoms with Gasteiger partial charge in [-0.05, 0) is 42.9 Å². The third-order valence-electron chi connectivity index (χ3n) is 4.67. The number of carbonyl (C=O) groups is 1. The Morgan fingerprint density at radius 3 is 2.27 bits per heavy atom. The highest BCUT2D eigenvalue weighted by Crippen LogP contribution is 2.17. The van der Waals surface area contributed by atoms with Crippen molar-refractivity contribution in [2.45, 2.75) is 6.92 Å². The molecule has 0 aliphatic carbocycles. The van der Waals surface area contributed by atoms with Crippen LogP contribution < -0.4 is 15.1 Å². The molecule has 7 nitrogen and oxygen atoms in total. The first kappa shape index (κ1) is 18.1. The van der Waals surface area contributed by atoms with Crippen molar-refractivity contribution in [2.24, 2.45) is 0 Å². The van der Waals surface area contributed by atoms with E-state index < -0.39 is 0 Å². The second kappa shape index (κ2) is 8.14. The number of aromatic nitrogens is 2. The number of hydrogen-bond donors (Lipinski definition) is 1. The van der Waals surface area contributed by atoms with Crippen LogP contribution in [0.1, 0.15) is 17.4 Å². The zero-order valence-corrected chi connectivity index (χ0v) is 15.6. The number of rotatable bonds is 5. The van der Waals surface area contributed by atoms with E-state index in [0.717, 1.165) is 49.9 Å². The number of hydrogen-bond acceptors (Lipinski definition) is 6. The summed E-state index contributed by atoms with van der Waals surface area (Å²) in [5, 5.41) is 11.2. The Hall–Kier alpha value is -2.67. The summed E-state index contributed by atoms with van der Waals surface area (Å²) < 4.78 is 0. The van der Waals surface area contributed by atoms with Crippen LogP contribution in [0.5, 0.6) is 0 Å². The average Bonchev–Trinajstić information content (AvgIpc) is 2.68. The van der Waals surface area contributed by atoms with Gasteiger partial charge in [0.1, 0.15) is 0 Å². The van der Waals surface area contributed by atoms with Gasteiger partial charge in [-0.15, -0.1) is 10.2 Å². The molecule has 0 atom stereocenters. The van der Waals surface area contributed by atoms with Gasteiger partial charge in [0, 0.05) is 51.6 Å². The van der Waals surface area contributed by atoms with E-state index in [4.69, 9.17) is 0 Å². The van der Waals surface area contributed by atoms with E-state index in [1.54, 1.807) is 6.07 Å². The van der Waals surface area contributed by atoms with Gasteiger partial charge in [0.15, 0.2) is 11.5 Å². The molecule has 1 aromatic carbocycles. The Labute approximate surface area is 154 Å². The van der Waals surface area contributed by atoms with Crippen LogP contribution in [0.3, 0.4) is 0 Å². The van der Waals surface area contributed by atoms with Crippen molar-refractivity contribution in [3.63, 3.8) is 0 Å². The van der Waals surface area contributed by atoms with E-state index in [1.165, 1.54) is 0 Å². The lowest BCUT2D eigenvalue weighted by atomic mass is 10.2. The molecule has 1 amide bonds. The smallest absolute Gasteiger partial charge is 0.276 e. The summed E-state index contributed by atoms with van der Waals surface area (Å²) >= 11 is 0. The van der Waals surface area contributed by atoms with Gasteiger partial charge in [0.25, 0.3) is 5.91 Å². The average molecular weight is 354 g/mol. The van der Waals surface area contributed by atoms with Gasteiger partial charge in [0.05, 0.1) is 0 Å². The minimum atomic E-state index is -0.252. The fourth-order valence-electron chi connectivity index (χ4n) is 2.95. The molecule has 1 aliphatic heterocycles. The first-order valence-corrected chi connectivity index (χ1v) is 8.96. The molecule has 138 valence electrons. The molecule has 3 rings (SSSR count). The van der Waals surface area contributed by atoms with Gasteiger partial charge < -0.3 is 20.0 Å². The largest absolute Gasteiger partial charge is 0.378 e. The lowest BCUT2D eigenvalue weighted by molar-refractivity contribution is 0.102. The van der Waals surface area contributed by atoms with E-state index in [0.29, 0.717) is 5.69 Å². The highest BCUT2D eigenvalue weighted by atomic mass is 16.1. The zero-order valence-electron chi connectivity index (χ0n) is 15.6. The predicted octanol–water partition coefficient (Wildman–Crippen LogP) is 1.94. The number of nitrogens with one attached hydrogen (secondary N) is 1. The molecule has 7 heteroatoms. The quantitative estimate of drug-likeness (QED) is 0.885. The maximum absolute atomic E-state index is 12.4. The van der Waals surface area contributed by atoms with Gasteiger partial charge >= 0.3 is 0 Å². The summed E-state index contributed by atoms with van der Waals surface area (Å²) in [6.45, 7) is 7.19. The van der Waals surface area contributed by atoms with Crippen molar-refractivity contribution in [1.82, 2.24) is 15.1 Å². The monoisotopic (exact) mass is 354 g/mol. The van der Waals surface area contributed by atoms with Gasteiger partial charge in [-0.25, -0.2) is 0 Å². The molecular weight excluding hydrogens is 328 g/mol. The fraction of sp³-hybridized carbons (Fsp3) is 0.421. The van der Waals surface area contributed by atoms with E-state index in [1.807, 2.05) is 49.3 Å². The molecule has 0 radical (unpaired) electrons. The van der Waals surface area contributed by atoms with Gasteiger partial charge in [-0.2, -0.15) is 0 Å². The molecule has 1 aliphatic rings. The highest BCUT2D eigenvalue weighted by molar-refractivity contribution is 6.02. The third kappa shape index (κ3) is 4.29. The van der Waals surface area contributed by atoms with Crippen LogP contribution in [-0.4, -0.2) is 67.8 Å². The highest BCUT2D eigenvalue weighted by Gasteiger charge is 2.17. The van der Waals surface area contributed by atoms with Crippen LogP contribution in [0.25, 0.3) is 0 Å². The molecule has 0 spiro atoms. The minimum absolute atomic E-state index is 0.252. The number of amides is 1. The Bertz CT molecular complexity index is 721. The third-order valence-corrected chi connectivity index (χ3v) is 4.67. The van der Waals surface area contributed by atoms with E-state index in [2.05, 4.69) is 32.2 Å². The van der Waals surface area contributed by atoms with Crippen LogP contribution >= 0.6 is 0 Å². The van der Waals surface area contributed by atoms with Crippen LogP contribution in [0.2, 0.25) is 0 Å². The van der Waals surface area contributed by atoms with Crippen molar-refractivity contribution in [1.29, 1.82) is 0 Å². The second-order valence-electron chi connectivity index (χ2n) is 6.59. The molecule has 2 heterocycles. The zero-order chi connectivity index (χ0) is 18.5. The van der Waals surface area contributed by atoms with Crippen LogP contribution in [-0.2, 0) is 0 Å². The van der Waals surface area contributed by atoms with Gasteiger partial charge in [-0.3, -0.25) is 4.79 Å². The summed E-state index contributed by atoms with van der Waals surface area (Å²) in [7, 11) is 3.96. The first-order valence-electron chi connectivity index (χ1n) is 8.96. The standard InChI is InChI=1S/C19H26N6O/c1-4-24-11-13-25(14-12-24)18-10-9-17(21-22-18)19(26)20-15-5-7-16(8-6-15)23(2)3/h5-10H,4,11-14H2,1-3H3,(H,20,26). The minimum Gasteiger partial charge on any atom is -0.378 e. The maximum atomic E-state index is 12.4. The number of carbonyl (C=O) groups excluding carboxylic acids is 1. The summed E-state index contributed by atoms with van der Waals surface area (Å²) in [6.07, 6.45) is 0. The molecule has 0 unspecified atom stereocenters. The molecular formula is C19H26N6O. The molecule has 0 saturated carbocycles. The topological polar surface area (TPSA) is 64.6 Å². The SMILES string of the molecule is CCN1CCN(c2ccc(C(=O)Nc3ccc(N(C)C)cc3)nn2)CC1. The van der Waals surface area contributed by atoms with Crippen molar-refractivity contribution < 1.29 is 4.79 Å². The molecule has 1 fully saturated rings. The summed E-state index contributed by atoms with van der Waals surface area (Å²) in [6, 6.07) is 11.3.